The van der Waals surface area contributed by atoms with Crippen LogP contribution in [-0.2, 0) is 4.79 Å². The van der Waals surface area contributed by atoms with Crippen molar-refractivity contribution in [3.63, 3.8) is 0 Å². The van der Waals surface area contributed by atoms with Crippen molar-refractivity contribution >= 4 is 28.4 Å². The van der Waals surface area contributed by atoms with Crippen LogP contribution in [0.3, 0.4) is 0 Å². The Bertz CT molecular complexity index is 181. The van der Waals surface area contributed by atoms with Crippen LogP contribution in [0, 0.1) is 5.41 Å². The van der Waals surface area contributed by atoms with Gasteiger partial charge in [-0.2, -0.15) is 0 Å². The fourth-order valence-corrected chi connectivity index (χ4v) is 1.19. The number of hydrogen-bond acceptors (Lipinski definition) is 1. The van der Waals surface area contributed by atoms with Gasteiger partial charge in [-0.25, -0.2) is 0 Å². The van der Waals surface area contributed by atoms with E-state index in [1.54, 1.807) is 0 Å². The summed E-state index contributed by atoms with van der Waals surface area (Å²) in [6.45, 7) is 6.40. The molecule has 1 aliphatic rings. The number of amides is 1. The van der Waals surface area contributed by atoms with Gasteiger partial charge in [0.25, 0.3) is 0 Å². The molecule has 12 heavy (non-hydrogen) atoms. The standard InChI is InChI=1S/C9H16NO.Sn.H/c1-9(2,3)6-8(11)10-7-4-5-7;;/h6-7H,4-5H2,1-3H3,(H,10,11);;. The van der Waals surface area contributed by atoms with Crippen LogP contribution in [0.15, 0.2) is 0 Å². The minimum absolute atomic E-state index is 0.140. The summed E-state index contributed by atoms with van der Waals surface area (Å²) in [5.74, 6) is 0.271. The topological polar surface area (TPSA) is 29.1 Å². The van der Waals surface area contributed by atoms with Crippen LogP contribution in [0.2, 0.25) is 3.93 Å². The molecule has 1 unspecified atom stereocenters. The van der Waals surface area contributed by atoms with E-state index >= 15 is 0 Å². The van der Waals surface area contributed by atoms with Crippen LogP contribution in [0.4, 0.5) is 0 Å². The van der Waals surface area contributed by atoms with Gasteiger partial charge < -0.3 is 0 Å². The molecule has 3 heteroatoms. The van der Waals surface area contributed by atoms with Crippen molar-refractivity contribution in [1.82, 2.24) is 5.32 Å². The molecule has 0 aromatic heterocycles. The number of carbonyl (C=O) groups excluding carboxylic acids is 1. The monoisotopic (exact) mass is 275 g/mol. The average molecular weight is 274 g/mol. The summed E-state index contributed by atoms with van der Waals surface area (Å²) < 4.78 is 0.239. The summed E-state index contributed by atoms with van der Waals surface area (Å²) in [7, 11) is 0. The quantitative estimate of drug-likeness (QED) is 0.748. The molecule has 1 aliphatic carbocycles. The first kappa shape index (κ1) is 10.4. The molecule has 2 nitrogen and oxygen atoms in total. The second-order valence-corrected chi connectivity index (χ2v) is 6.53. The van der Waals surface area contributed by atoms with Gasteiger partial charge in [-0.1, -0.05) is 0 Å². The summed E-state index contributed by atoms with van der Waals surface area (Å²) in [6.07, 6.45) is 2.37. The molecule has 1 saturated carbocycles. The maximum atomic E-state index is 11.6. The number of nitrogens with one attached hydrogen (secondary N) is 1. The van der Waals surface area contributed by atoms with Crippen LogP contribution in [-0.4, -0.2) is 34.5 Å². The van der Waals surface area contributed by atoms with E-state index < -0.39 is 0 Å². The van der Waals surface area contributed by atoms with E-state index in [-0.39, 0.29) is 15.3 Å². The molecule has 2 radical (unpaired) electrons. The predicted molar refractivity (Wildman–Crippen MR) is 51.5 cm³/mol. The van der Waals surface area contributed by atoms with Crippen LogP contribution in [0.25, 0.3) is 0 Å². The second-order valence-electron chi connectivity index (χ2n) is 4.63. The molecule has 0 aromatic carbocycles. The van der Waals surface area contributed by atoms with Crippen LogP contribution in [0.5, 0.6) is 0 Å². The van der Waals surface area contributed by atoms with Gasteiger partial charge in [-0.15, -0.1) is 0 Å². The molecule has 0 saturated heterocycles. The molecular formula is C9H17NOSn. The van der Waals surface area contributed by atoms with Gasteiger partial charge >= 0.3 is 87.5 Å². The molecule has 1 atom stereocenters. The van der Waals surface area contributed by atoms with Crippen molar-refractivity contribution in [2.24, 2.45) is 5.41 Å². The Kier molecular flexibility index (Phi) is 3.07. The van der Waals surface area contributed by atoms with E-state index in [1.807, 2.05) is 0 Å². The van der Waals surface area contributed by atoms with E-state index in [0.717, 1.165) is 22.5 Å². The van der Waals surface area contributed by atoms with Crippen LogP contribution < -0.4 is 5.32 Å². The van der Waals surface area contributed by atoms with Crippen molar-refractivity contribution in [3.8, 4) is 0 Å². The zero-order valence-corrected chi connectivity index (χ0v) is 11.4. The third-order valence-electron chi connectivity index (χ3n) is 2.14. The molecule has 1 fully saturated rings. The van der Waals surface area contributed by atoms with E-state index in [0.29, 0.717) is 6.04 Å². The van der Waals surface area contributed by atoms with E-state index in [4.69, 9.17) is 0 Å². The Morgan fingerprint density at radius 2 is 2.00 bits per heavy atom. The molecule has 1 N–H and O–H groups in total. The molecular weight excluding hydrogens is 257 g/mol. The van der Waals surface area contributed by atoms with Crippen molar-refractivity contribution in [2.75, 3.05) is 0 Å². The van der Waals surface area contributed by atoms with Gasteiger partial charge in [0.05, 0.1) is 0 Å². The molecule has 68 valence electrons. The van der Waals surface area contributed by atoms with Gasteiger partial charge in [-0.05, 0) is 0 Å². The average Bonchev–Trinajstić information content (AvgIpc) is 2.68. The Balaban J connectivity index is 2.39. The molecule has 0 aliphatic heterocycles. The van der Waals surface area contributed by atoms with E-state index in [2.05, 4.69) is 26.1 Å². The Morgan fingerprint density at radius 1 is 1.50 bits per heavy atom. The molecule has 0 aromatic rings. The van der Waals surface area contributed by atoms with Crippen LogP contribution in [0.1, 0.15) is 33.6 Å². The maximum absolute atomic E-state index is 11.6. The van der Waals surface area contributed by atoms with E-state index in [9.17, 15) is 4.79 Å². The normalized spacial score (nSPS) is 20.3. The van der Waals surface area contributed by atoms with Gasteiger partial charge in [-0.3, -0.25) is 0 Å². The number of hydrogen-bond donors (Lipinski definition) is 1. The summed E-state index contributed by atoms with van der Waals surface area (Å²) in [4.78, 5) is 11.6. The first-order chi connectivity index (χ1) is 5.41. The van der Waals surface area contributed by atoms with Crippen molar-refractivity contribution in [1.29, 1.82) is 0 Å². The molecule has 0 spiro atoms. The summed E-state index contributed by atoms with van der Waals surface area (Å²) in [6, 6.07) is 0.509. The molecule has 0 bridgehead atoms. The Labute approximate surface area is 87.6 Å². The van der Waals surface area contributed by atoms with Gasteiger partial charge in [0.2, 0.25) is 0 Å². The molecule has 1 rings (SSSR count). The minimum atomic E-state index is 0.140. The van der Waals surface area contributed by atoms with Gasteiger partial charge in [0.15, 0.2) is 0 Å². The first-order valence-electron chi connectivity index (χ1n) is 4.47. The molecule has 0 heterocycles. The first-order valence-corrected chi connectivity index (χ1v) is 6.37. The Hall–Kier alpha value is 0.269. The number of carbonyl (C=O) groups is 1. The zero-order chi connectivity index (χ0) is 9.35. The van der Waals surface area contributed by atoms with Crippen molar-refractivity contribution in [2.45, 2.75) is 43.6 Å². The van der Waals surface area contributed by atoms with Crippen LogP contribution >= 0.6 is 0 Å². The van der Waals surface area contributed by atoms with Crippen molar-refractivity contribution in [3.05, 3.63) is 0 Å². The summed E-state index contributed by atoms with van der Waals surface area (Å²) in [5, 5.41) is 3.05. The van der Waals surface area contributed by atoms with E-state index in [1.165, 1.54) is 12.8 Å². The zero-order valence-electron chi connectivity index (χ0n) is 8.05. The summed E-state index contributed by atoms with van der Waals surface area (Å²) in [5.41, 5.74) is 0.140. The third-order valence-corrected chi connectivity index (χ3v) is 5.86. The number of rotatable bonds is 2. The SMILES string of the molecule is CC(C)(C)[CH]([SnH])C(=O)NC1CC1. The fraction of sp³-hybridized carbons (Fsp3) is 0.889. The Morgan fingerprint density at radius 3 is 2.33 bits per heavy atom. The van der Waals surface area contributed by atoms with Gasteiger partial charge in [0, 0.05) is 0 Å². The third kappa shape index (κ3) is 2.96. The summed E-state index contributed by atoms with van der Waals surface area (Å²) >= 11 is 1.02. The van der Waals surface area contributed by atoms with Crippen molar-refractivity contribution < 1.29 is 4.79 Å². The molecule has 1 amide bonds. The fourth-order valence-electron chi connectivity index (χ4n) is 0.912. The predicted octanol–water partition coefficient (Wildman–Crippen LogP) is 1.00. The second kappa shape index (κ2) is 3.56. The van der Waals surface area contributed by atoms with Gasteiger partial charge in [0.1, 0.15) is 0 Å².